The van der Waals surface area contributed by atoms with Crippen molar-refractivity contribution in [2.45, 2.75) is 39.0 Å². The summed E-state index contributed by atoms with van der Waals surface area (Å²) >= 11 is 0. The molecule has 0 spiro atoms. The highest BCUT2D eigenvalue weighted by atomic mass is 16.3. The molecule has 16 heavy (non-hydrogen) atoms. The van der Waals surface area contributed by atoms with Crippen molar-refractivity contribution in [3.05, 3.63) is 29.8 Å². The summed E-state index contributed by atoms with van der Waals surface area (Å²) < 4.78 is 0. The predicted molar refractivity (Wildman–Crippen MR) is 64.2 cm³/mol. The van der Waals surface area contributed by atoms with Crippen LogP contribution in [-0.2, 0) is 6.61 Å². The van der Waals surface area contributed by atoms with E-state index in [1.807, 2.05) is 24.3 Å². The van der Waals surface area contributed by atoms with E-state index in [0.717, 1.165) is 17.7 Å². The average Bonchev–Trinajstić information content (AvgIpc) is 2.29. The lowest BCUT2D eigenvalue weighted by Gasteiger charge is -2.49. The molecule has 1 saturated carbocycles. The maximum absolute atomic E-state index is 9.64. The first-order chi connectivity index (χ1) is 7.54. The number of benzene rings is 1. The number of rotatable bonds is 3. The van der Waals surface area contributed by atoms with Crippen molar-refractivity contribution in [1.29, 1.82) is 0 Å². The van der Waals surface area contributed by atoms with Gasteiger partial charge in [-0.2, -0.15) is 0 Å². The molecular formula is C13H19NO2. The van der Waals surface area contributed by atoms with E-state index >= 15 is 0 Å². The second-order valence-corrected chi connectivity index (χ2v) is 5.13. The lowest BCUT2D eigenvalue weighted by molar-refractivity contribution is -0.0510. The number of hydrogen-bond donors (Lipinski definition) is 3. The molecule has 1 aromatic rings. The topological polar surface area (TPSA) is 52.5 Å². The molecule has 0 heterocycles. The quantitative estimate of drug-likeness (QED) is 0.729. The maximum Gasteiger partial charge on any atom is 0.0682 e. The van der Waals surface area contributed by atoms with E-state index < -0.39 is 0 Å². The molecule has 3 N–H and O–H groups in total. The van der Waals surface area contributed by atoms with Crippen LogP contribution >= 0.6 is 0 Å². The number of nitrogens with one attached hydrogen (secondary N) is 1. The molecule has 0 aromatic heterocycles. The Morgan fingerprint density at radius 1 is 1.44 bits per heavy atom. The zero-order chi connectivity index (χ0) is 11.8. The van der Waals surface area contributed by atoms with E-state index in [9.17, 15) is 5.11 Å². The molecule has 2 atom stereocenters. The van der Waals surface area contributed by atoms with Gasteiger partial charge in [0.2, 0.25) is 0 Å². The van der Waals surface area contributed by atoms with Crippen LogP contribution in [0.5, 0.6) is 0 Å². The monoisotopic (exact) mass is 221 g/mol. The average molecular weight is 221 g/mol. The van der Waals surface area contributed by atoms with Crippen LogP contribution < -0.4 is 5.32 Å². The summed E-state index contributed by atoms with van der Waals surface area (Å²) in [6, 6.07) is 8.05. The van der Waals surface area contributed by atoms with Crippen LogP contribution in [0, 0.1) is 5.41 Å². The largest absolute Gasteiger partial charge is 0.392 e. The van der Waals surface area contributed by atoms with Crippen LogP contribution in [-0.4, -0.2) is 22.4 Å². The van der Waals surface area contributed by atoms with E-state index in [4.69, 9.17) is 5.11 Å². The van der Waals surface area contributed by atoms with Gasteiger partial charge in [-0.05, 0) is 24.1 Å². The highest BCUT2D eigenvalue weighted by molar-refractivity contribution is 5.47. The summed E-state index contributed by atoms with van der Waals surface area (Å²) in [5.74, 6) is 0. The molecule has 0 amide bonds. The first-order valence-corrected chi connectivity index (χ1v) is 5.68. The smallest absolute Gasteiger partial charge is 0.0682 e. The summed E-state index contributed by atoms with van der Waals surface area (Å²) in [6.45, 7) is 4.19. The second kappa shape index (κ2) is 4.07. The van der Waals surface area contributed by atoms with Crippen LogP contribution in [0.25, 0.3) is 0 Å². The molecule has 0 aliphatic heterocycles. The first kappa shape index (κ1) is 11.4. The standard InChI is InChI=1S/C13H19NO2/c1-13(2)11(7-12(13)16)14-10-5-3-4-9(6-10)8-15/h3-6,11-12,14-16H,7-8H2,1-2H3. The molecule has 1 aliphatic carbocycles. The lowest BCUT2D eigenvalue weighted by atomic mass is 9.64. The molecule has 1 aliphatic rings. The molecule has 88 valence electrons. The third-order valence-electron chi connectivity index (χ3n) is 3.67. The van der Waals surface area contributed by atoms with Crippen molar-refractivity contribution in [2.75, 3.05) is 5.32 Å². The fourth-order valence-electron chi connectivity index (χ4n) is 2.11. The van der Waals surface area contributed by atoms with Gasteiger partial charge in [-0.15, -0.1) is 0 Å². The minimum atomic E-state index is -0.217. The summed E-state index contributed by atoms with van der Waals surface area (Å²) in [4.78, 5) is 0. The molecule has 1 aromatic carbocycles. The van der Waals surface area contributed by atoms with Crippen LogP contribution in [0.3, 0.4) is 0 Å². The Labute approximate surface area is 96.1 Å². The Kier molecular flexibility index (Phi) is 2.91. The molecule has 0 bridgehead atoms. The Bertz CT molecular complexity index is 376. The van der Waals surface area contributed by atoms with Gasteiger partial charge in [0.25, 0.3) is 0 Å². The summed E-state index contributed by atoms with van der Waals surface area (Å²) in [6.07, 6.45) is 0.571. The van der Waals surface area contributed by atoms with Crippen molar-refractivity contribution in [1.82, 2.24) is 0 Å². The highest BCUT2D eigenvalue weighted by Crippen LogP contribution is 2.42. The molecule has 3 heteroatoms. The van der Waals surface area contributed by atoms with Crippen LogP contribution in [0.1, 0.15) is 25.8 Å². The van der Waals surface area contributed by atoms with Crippen molar-refractivity contribution in [2.24, 2.45) is 5.41 Å². The van der Waals surface area contributed by atoms with Gasteiger partial charge in [-0.25, -0.2) is 0 Å². The normalized spacial score (nSPS) is 27.2. The van der Waals surface area contributed by atoms with Crippen LogP contribution in [0.2, 0.25) is 0 Å². The summed E-state index contributed by atoms with van der Waals surface area (Å²) in [7, 11) is 0. The van der Waals surface area contributed by atoms with Crippen LogP contribution in [0.15, 0.2) is 24.3 Å². The van der Waals surface area contributed by atoms with Crippen molar-refractivity contribution >= 4 is 5.69 Å². The van der Waals surface area contributed by atoms with Gasteiger partial charge in [0.15, 0.2) is 0 Å². The van der Waals surface area contributed by atoms with E-state index in [1.165, 1.54) is 0 Å². The molecular weight excluding hydrogens is 202 g/mol. The third kappa shape index (κ3) is 1.93. The minimum Gasteiger partial charge on any atom is -0.392 e. The Hall–Kier alpha value is -1.06. The minimum absolute atomic E-state index is 0.0617. The van der Waals surface area contributed by atoms with E-state index in [1.54, 1.807) is 0 Å². The molecule has 2 rings (SSSR count). The molecule has 3 nitrogen and oxygen atoms in total. The SMILES string of the molecule is CC1(C)C(O)CC1Nc1cccc(CO)c1. The van der Waals surface area contributed by atoms with Gasteiger partial charge < -0.3 is 15.5 Å². The van der Waals surface area contributed by atoms with Gasteiger partial charge in [0.1, 0.15) is 0 Å². The molecule has 0 saturated heterocycles. The van der Waals surface area contributed by atoms with Crippen molar-refractivity contribution in [3.63, 3.8) is 0 Å². The van der Waals surface area contributed by atoms with Crippen LogP contribution in [0.4, 0.5) is 5.69 Å². The molecule has 2 unspecified atom stereocenters. The van der Waals surface area contributed by atoms with Crippen molar-refractivity contribution in [3.8, 4) is 0 Å². The second-order valence-electron chi connectivity index (χ2n) is 5.13. The van der Waals surface area contributed by atoms with E-state index in [-0.39, 0.29) is 18.1 Å². The van der Waals surface area contributed by atoms with Gasteiger partial charge in [-0.3, -0.25) is 0 Å². The fourth-order valence-corrected chi connectivity index (χ4v) is 2.11. The Balaban J connectivity index is 2.05. The first-order valence-electron chi connectivity index (χ1n) is 5.68. The maximum atomic E-state index is 9.64. The Morgan fingerprint density at radius 3 is 2.75 bits per heavy atom. The number of aliphatic hydroxyl groups excluding tert-OH is 2. The van der Waals surface area contributed by atoms with Gasteiger partial charge in [0.05, 0.1) is 12.7 Å². The summed E-state index contributed by atoms with van der Waals surface area (Å²) in [5, 5.41) is 22.1. The van der Waals surface area contributed by atoms with Gasteiger partial charge >= 0.3 is 0 Å². The zero-order valence-electron chi connectivity index (χ0n) is 9.77. The Morgan fingerprint density at radius 2 is 2.19 bits per heavy atom. The number of aliphatic hydroxyl groups is 2. The zero-order valence-corrected chi connectivity index (χ0v) is 9.77. The molecule has 1 fully saturated rings. The predicted octanol–water partition coefficient (Wildman–Crippen LogP) is 1.75. The van der Waals surface area contributed by atoms with E-state index in [2.05, 4.69) is 19.2 Å². The highest BCUT2D eigenvalue weighted by Gasteiger charge is 2.47. The summed E-state index contributed by atoms with van der Waals surface area (Å²) in [5.41, 5.74) is 1.84. The van der Waals surface area contributed by atoms with Crippen molar-refractivity contribution < 1.29 is 10.2 Å². The lowest BCUT2D eigenvalue weighted by Crippen LogP contribution is -2.56. The third-order valence-corrected chi connectivity index (χ3v) is 3.67. The van der Waals surface area contributed by atoms with Gasteiger partial charge in [0, 0.05) is 17.1 Å². The van der Waals surface area contributed by atoms with E-state index in [0.29, 0.717) is 6.04 Å². The molecule has 0 radical (unpaired) electrons. The fraction of sp³-hybridized carbons (Fsp3) is 0.538. The number of hydrogen-bond acceptors (Lipinski definition) is 3. The van der Waals surface area contributed by atoms with Gasteiger partial charge in [-0.1, -0.05) is 26.0 Å². The number of anilines is 1.